The summed E-state index contributed by atoms with van der Waals surface area (Å²) in [4.78, 5) is 29.1. The molecule has 0 spiro atoms. The quantitative estimate of drug-likeness (QED) is 0.577. The van der Waals surface area contributed by atoms with Gasteiger partial charge in [0, 0.05) is 68.8 Å². The third-order valence-electron chi connectivity index (χ3n) is 8.14. The molecule has 3 heterocycles. The third kappa shape index (κ3) is 4.14. The summed E-state index contributed by atoms with van der Waals surface area (Å²) in [5.74, 6) is 1.04. The molecule has 8 nitrogen and oxygen atoms in total. The Morgan fingerprint density at radius 3 is 2.46 bits per heavy atom. The Balaban J connectivity index is 1.46. The van der Waals surface area contributed by atoms with Crippen molar-refractivity contribution in [1.29, 1.82) is 0 Å². The van der Waals surface area contributed by atoms with Gasteiger partial charge in [0.15, 0.2) is 0 Å². The van der Waals surface area contributed by atoms with Crippen molar-refractivity contribution in [3.05, 3.63) is 42.2 Å². The average molecular weight is 476 g/mol. The molecule has 2 atom stereocenters. The minimum absolute atomic E-state index is 0.00364. The van der Waals surface area contributed by atoms with Crippen molar-refractivity contribution in [2.24, 2.45) is 5.92 Å². The Labute approximate surface area is 207 Å². The number of nitrogens with zero attached hydrogens (tertiary/aromatic N) is 6. The molecule has 2 fully saturated rings. The van der Waals surface area contributed by atoms with Gasteiger partial charge < -0.3 is 24.6 Å². The summed E-state index contributed by atoms with van der Waals surface area (Å²) >= 11 is 0. The molecule has 0 bridgehead atoms. The number of amides is 1. The molecule has 35 heavy (non-hydrogen) atoms. The molecule has 0 radical (unpaired) electrons. The summed E-state index contributed by atoms with van der Waals surface area (Å²) in [6.07, 6.45) is 5.02. The molecule has 8 heteroatoms. The summed E-state index contributed by atoms with van der Waals surface area (Å²) in [7, 11) is 5.78. The van der Waals surface area contributed by atoms with Crippen LogP contribution in [0.15, 0.2) is 36.5 Å². The van der Waals surface area contributed by atoms with Gasteiger partial charge in [-0.1, -0.05) is 13.8 Å². The number of aromatic nitrogens is 3. The lowest BCUT2D eigenvalue weighted by Gasteiger charge is -2.50. The number of piperazine rings is 1. The maximum Gasteiger partial charge on any atom is 0.270 e. The highest BCUT2D eigenvalue weighted by atomic mass is 16.2. The van der Waals surface area contributed by atoms with Crippen LogP contribution in [-0.2, 0) is 5.54 Å². The zero-order chi connectivity index (χ0) is 24.7. The van der Waals surface area contributed by atoms with Crippen molar-refractivity contribution in [2.45, 2.75) is 38.6 Å². The maximum atomic E-state index is 13.1. The fourth-order valence-corrected chi connectivity index (χ4v) is 5.62. The van der Waals surface area contributed by atoms with Crippen molar-refractivity contribution in [1.82, 2.24) is 24.3 Å². The SMILES string of the molecule is CCC1(n2c(C(=O)N(C)C)cc3cnc(Nc4ccc(N5CCN(C)CC5)cc4)nc32)CC[C@H]1C. The molecule has 1 saturated carbocycles. The minimum atomic E-state index is -0.0848. The van der Waals surface area contributed by atoms with Gasteiger partial charge in [-0.25, -0.2) is 4.98 Å². The van der Waals surface area contributed by atoms with Crippen molar-refractivity contribution in [3.8, 4) is 0 Å². The second kappa shape index (κ2) is 9.15. The summed E-state index contributed by atoms with van der Waals surface area (Å²) in [6, 6.07) is 10.4. The number of nitrogens with one attached hydrogen (secondary N) is 1. The number of likely N-dealkylation sites (N-methyl/N-ethyl adjacent to an activating group) is 1. The van der Waals surface area contributed by atoms with Crippen molar-refractivity contribution in [2.75, 3.05) is 57.5 Å². The molecule has 2 aliphatic rings. The predicted octanol–water partition coefficient (Wildman–Crippen LogP) is 4.16. The first kappa shape index (κ1) is 23.6. The van der Waals surface area contributed by atoms with Gasteiger partial charge >= 0.3 is 0 Å². The molecule has 5 rings (SSSR count). The zero-order valence-electron chi connectivity index (χ0n) is 21.6. The third-order valence-corrected chi connectivity index (χ3v) is 8.14. The van der Waals surface area contributed by atoms with Crippen LogP contribution in [0.4, 0.5) is 17.3 Å². The van der Waals surface area contributed by atoms with Gasteiger partial charge in [-0.3, -0.25) is 4.79 Å². The molecular weight excluding hydrogens is 438 g/mol. The number of hydrogen-bond donors (Lipinski definition) is 1. The van der Waals surface area contributed by atoms with Gasteiger partial charge in [-0.05, 0) is 62.6 Å². The standard InChI is InChI=1S/C27H37N7O/c1-6-27(12-11-19(27)2)34-23(25(35)31(3)4)17-20-18-28-26(30-24(20)34)29-21-7-9-22(10-8-21)33-15-13-32(5)14-16-33/h7-10,17-19H,6,11-16H2,1-5H3,(H,28,29,30)/t19-,27?/m1/s1. The molecular formula is C27H37N7O. The first-order valence-corrected chi connectivity index (χ1v) is 12.7. The van der Waals surface area contributed by atoms with Crippen molar-refractivity contribution < 1.29 is 4.79 Å². The van der Waals surface area contributed by atoms with Gasteiger partial charge in [0.05, 0.1) is 0 Å². The molecule has 186 valence electrons. The minimum Gasteiger partial charge on any atom is -0.369 e. The number of hydrogen-bond acceptors (Lipinski definition) is 6. The Kier molecular flexibility index (Phi) is 6.17. The fourth-order valence-electron chi connectivity index (χ4n) is 5.62. The Morgan fingerprint density at radius 1 is 1.17 bits per heavy atom. The molecule has 1 aliphatic heterocycles. The maximum absolute atomic E-state index is 13.1. The van der Waals surface area contributed by atoms with Crippen LogP contribution in [0.5, 0.6) is 0 Å². The highest BCUT2D eigenvalue weighted by Gasteiger charge is 2.46. The van der Waals surface area contributed by atoms with E-state index in [0.29, 0.717) is 17.6 Å². The first-order valence-electron chi connectivity index (χ1n) is 12.7. The lowest BCUT2D eigenvalue weighted by atomic mass is 9.65. The van der Waals surface area contributed by atoms with E-state index in [0.717, 1.165) is 55.7 Å². The van der Waals surface area contributed by atoms with Crippen LogP contribution < -0.4 is 10.2 Å². The van der Waals surface area contributed by atoms with E-state index in [4.69, 9.17) is 4.98 Å². The van der Waals surface area contributed by atoms with Crippen LogP contribution in [0, 0.1) is 5.92 Å². The molecule has 1 N–H and O–H groups in total. The molecule has 1 amide bonds. The molecule has 1 aliphatic carbocycles. The van der Waals surface area contributed by atoms with Gasteiger partial charge in [-0.15, -0.1) is 0 Å². The van der Waals surface area contributed by atoms with E-state index < -0.39 is 0 Å². The summed E-state index contributed by atoms with van der Waals surface area (Å²) in [5.41, 5.74) is 3.63. The fraction of sp³-hybridized carbons (Fsp3) is 0.519. The van der Waals surface area contributed by atoms with E-state index >= 15 is 0 Å². The number of rotatable bonds is 6. The summed E-state index contributed by atoms with van der Waals surface area (Å²) in [5, 5.41) is 4.28. The molecule has 1 saturated heterocycles. The van der Waals surface area contributed by atoms with Crippen LogP contribution in [0.2, 0.25) is 0 Å². The van der Waals surface area contributed by atoms with Gasteiger partial charge in [0.2, 0.25) is 5.95 Å². The summed E-state index contributed by atoms with van der Waals surface area (Å²) in [6.45, 7) is 8.77. The molecule has 1 aromatic carbocycles. The Morgan fingerprint density at radius 2 is 1.89 bits per heavy atom. The Bertz CT molecular complexity index is 1210. The van der Waals surface area contributed by atoms with Crippen LogP contribution in [0.25, 0.3) is 11.0 Å². The Hall–Kier alpha value is -3.13. The molecule has 3 aromatic rings. The largest absolute Gasteiger partial charge is 0.369 e. The number of carbonyl (C=O) groups is 1. The van der Waals surface area contributed by atoms with Gasteiger partial charge in [0.25, 0.3) is 5.91 Å². The number of benzene rings is 1. The zero-order valence-corrected chi connectivity index (χ0v) is 21.6. The topological polar surface area (TPSA) is 69.5 Å². The second-order valence-electron chi connectivity index (χ2n) is 10.4. The smallest absolute Gasteiger partial charge is 0.270 e. The first-order chi connectivity index (χ1) is 16.8. The molecule has 2 aromatic heterocycles. The highest BCUT2D eigenvalue weighted by molar-refractivity contribution is 5.98. The van der Waals surface area contributed by atoms with Crippen LogP contribution in [0.1, 0.15) is 43.6 Å². The van der Waals surface area contributed by atoms with Gasteiger partial charge in [0.1, 0.15) is 11.3 Å². The van der Waals surface area contributed by atoms with Gasteiger partial charge in [-0.2, -0.15) is 4.98 Å². The van der Waals surface area contributed by atoms with E-state index in [-0.39, 0.29) is 11.4 Å². The van der Waals surface area contributed by atoms with Crippen LogP contribution in [0.3, 0.4) is 0 Å². The molecule has 1 unspecified atom stereocenters. The highest BCUT2D eigenvalue weighted by Crippen LogP contribution is 2.49. The van der Waals surface area contributed by atoms with Crippen molar-refractivity contribution >= 4 is 34.3 Å². The lowest BCUT2D eigenvalue weighted by molar-refractivity contribution is 0.0488. The van der Waals surface area contributed by atoms with E-state index in [1.54, 1.807) is 19.0 Å². The normalized spacial score (nSPS) is 22.8. The van der Waals surface area contributed by atoms with E-state index in [9.17, 15) is 4.79 Å². The monoisotopic (exact) mass is 475 g/mol. The number of fused-ring (bicyclic) bond motifs is 1. The summed E-state index contributed by atoms with van der Waals surface area (Å²) < 4.78 is 2.21. The van der Waals surface area contributed by atoms with Crippen LogP contribution >= 0.6 is 0 Å². The van der Waals surface area contributed by atoms with Crippen LogP contribution in [-0.4, -0.2) is 77.6 Å². The number of anilines is 3. The van der Waals surface area contributed by atoms with E-state index in [1.807, 2.05) is 12.3 Å². The second-order valence-corrected chi connectivity index (χ2v) is 10.4. The lowest BCUT2D eigenvalue weighted by Crippen LogP contribution is -2.49. The predicted molar refractivity (Wildman–Crippen MR) is 142 cm³/mol. The van der Waals surface area contributed by atoms with E-state index in [2.05, 4.69) is 69.8 Å². The number of carbonyl (C=O) groups excluding carboxylic acids is 1. The van der Waals surface area contributed by atoms with E-state index in [1.165, 1.54) is 12.1 Å². The average Bonchev–Trinajstić information content (AvgIpc) is 3.23. The van der Waals surface area contributed by atoms with Crippen molar-refractivity contribution in [3.63, 3.8) is 0 Å².